The Kier molecular flexibility index (Phi) is 2.74. The maximum Gasteiger partial charge on any atom is 0.156 e. The molecule has 0 aromatic rings. The van der Waals surface area contributed by atoms with Gasteiger partial charge in [-0.15, -0.1) is 0 Å². The zero-order valence-corrected chi connectivity index (χ0v) is 9.39. The highest BCUT2D eigenvalue weighted by Gasteiger charge is 2.36. The van der Waals surface area contributed by atoms with E-state index < -0.39 is 14.6 Å². The van der Waals surface area contributed by atoms with Crippen LogP contribution in [0.25, 0.3) is 0 Å². The van der Waals surface area contributed by atoms with E-state index in [1.165, 1.54) is 0 Å². The van der Waals surface area contributed by atoms with Crippen molar-refractivity contribution in [1.29, 1.82) is 0 Å². The first-order valence-corrected chi connectivity index (χ1v) is 6.37. The molecule has 0 aliphatic heterocycles. The van der Waals surface area contributed by atoms with Gasteiger partial charge in [-0.2, -0.15) is 0 Å². The third kappa shape index (κ3) is 2.68. The third-order valence-corrected chi connectivity index (χ3v) is 5.26. The van der Waals surface area contributed by atoms with Gasteiger partial charge in [-0.05, 0) is 39.5 Å². The first-order valence-electron chi connectivity index (χ1n) is 4.72. The van der Waals surface area contributed by atoms with Gasteiger partial charge in [0.2, 0.25) is 0 Å². The van der Waals surface area contributed by atoms with Crippen molar-refractivity contribution in [1.82, 2.24) is 0 Å². The monoisotopic (exact) mass is 205 g/mol. The van der Waals surface area contributed by atoms with Gasteiger partial charge in [-0.3, -0.25) is 0 Å². The molecule has 2 N–H and O–H groups in total. The fourth-order valence-electron chi connectivity index (χ4n) is 1.16. The van der Waals surface area contributed by atoms with Crippen LogP contribution in [0.15, 0.2) is 0 Å². The molecule has 0 saturated heterocycles. The van der Waals surface area contributed by atoms with Crippen LogP contribution in [0.3, 0.4) is 0 Å². The van der Waals surface area contributed by atoms with Gasteiger partial charge in [0, 0.05) is 6.04 Å². The quantitative estimate of drug-likeness (QED) is 0.746. The lowest BCUT2D eigenvalue weighted by molar-refractivity contribution is 0.543. The van der Waals surface area contributed by atoms with E-state index in [1.807, 2.05) is 0 Å². The second-order valence-electron chi connectivity index (χ2n) is 4.90. The Morgan fingerprint density at radius 3 is 2.15 bits per heavy atom. The standard InChI is InChI=1S/C9H19NO2S/c1-9(2,3)13(11,12)6-8(10)7-4-5-7/h7-8H,4-6,10H2,1-3H3. The summed E-state index contributed by atoms with van der Waals surface area (Å²) >= 11 is 0. The largest absolute Gasteiger partial charge is 0.327 e. The van der Waals surface area contributed by atoms with Crippen LogP contribution >= 0.6 is 0 Å². The fraction of sp³-hybridized carbons (Fsp3) is 1.00. The molecular weight excluding hydrogens is 186 g/mol. The summed E-state index contributed by atoms with van der Waals surface area (Å²) in [5, 5.41) is 0. The minimum Gasteiger partial charge on any atom is -0.327 e. The predicted octanol–water partition coefficient (Wildman–Crippen LogP) is 0.937. The van der Waals surface area contributed by atoms with Crippen molar-refractivity contribution in [2.75, 3.05) is 5.75 Å². The van der Waals surface area contributed by atoms with Crippen molar-refractivity contribution in [3.05, 3.63) is 0 Å². The van der Waals surface area contributed by atoms with Crippen LogP contribution in [-0.4, -0.2) is 25.0 Å². The minimum atomic E-state index is -3.03. The van der Waals surface area contributed by atoms with Crippen LogP contribution in [-0.2, 0) is 9.84 Å². The second-order valence-corrected chi connectivity index (χ2v) is 7.68. The molecular formula is C9H19NO2S. The Balaban J connectivity index is 2.61. The molecule has 3 nitrogen and oxygen atoms in total. The van der Waals surface area contributed by atoms with Gasteiger partial charge < -0.3 is 5.73 Å². The highest BCUT2D eigenvalue weighted by Crippen LogP contribution is 2.33. The maximum absolute atomic E-state index is 11.7. The molecule has 1 rings (SSSR count). The van der Waals surface area contributed by atoms with E-state index in [9.17, 15) is 8.42 Å². The molecule has 0 amide bonds. The molecule has 0 spiro atoms. The lowest BCUT2D eigenvalue weighted by atomic mass is 10.2. The smallest absolute Gasteiger partial charge is 0.156 e. The lowest BCUT2D eigenvalue weighted by Crippen LogP contribution is -2.39. The summed E-state index contributed by atoms with van der Waals surface area (Å²) in [7, 11) is -3.03. The number of nitrogens with two attached hydrogens (primary N) is 1. The summed E-state index contributed by atoms with van der Waals surface area (Å²) < 4.78 is 22.8. The summed E-state index contributed by atoms with van der Waals surface area (Å²) in [4.78, 5) is 0. The van der Waals surface area contributed by atoms with E-state index in [0.29, 0.717) is 5.92 Å². The highest BCUT2D eigenvalue weighted by atomic mass is 32.2. The molecule has 78 valence electrons. The van der Waals surface area contributed by atoms with E-state index in [2.05, 4.69) is 0 Å². The molecule has 0 aromatic carbocycles. The minimum absolute atomic E-state index is 0.140. The van der Waals surface area contributed by atoms with Crippen LogP contribution in [0.5, 0.6) is 0 Å². The average Bonchev–Trinajstić information content (AvgIpc) is 2.62. The second kappa shape index (κ2) is 3.24. The van der Waals surface area contributed by atoms with Crippen LogP contribution in [0.2, 0.25) is 0 Å². The molecule has 1 unspecified atom stereocenters. The van der Waals surface area contributed by atoms with Crippen molar-refractivity contribution >= 4 is 9.84 Å². The van der Waals surface area contributed by atoms with E-state index in [1.54, 1.807) is 20.8 Å². The predicted molar refractivity (Wildman–Crippen MR) is 54.2 cm³/mol. The molecule has 1 aliphatic rings. The molecule has 13 heavy (non-hydrogen) atoms. The van der Waals surface area contributed by atoms with Gasteiger partial charge in [0.15, 0.2) is 9.84 Å². The molecule has 1 saturated carbocycles. The Morgan fingerprint density at radius 1 is 1.38 bits per heavy atom. The van der Waals surface area contributed by atoms with Crippen molar-refractivity contribution in [3.63, 3.8) is 0 Å². The highest BCUT2D eigenvalue weighted by molar-refractivity contribution is 7.92. The van der Waals surface area contributed by atoms with E-state index in [0.717, 1.165) is 12.8 Å². The molecule has 4 heteroatoms. The topological polar surface area (TPSA) is 60.2 Å². The number of hydrogen-bond donors (Lipinski definition) is 1. The first-order chi connectivity index (χ1) is 5.74. The van der Waals surface area contributed by atoms with Gasteiger partial charge in [0.25, 0.3) is 0 Å². The summed E-state index contributed by atoms with van der Waals surface area (Å²) in [6.07, 6.45) is 2.20. The van der Waals surface area contributed by atoms with Crippen LogP contribution < -0.4 is 5.73 Å². The number of rotatable bonds is 3. The summed E-state index contributed by atoms with van der Waals surface area (Å²) in [5.41, 5.74) is 5.78. The Hall–Kier alpha value is -0.0900. The molecule has 0 aromatic heterocycles. The lowest BCUT2D eigenvalue weighted by Gasteiger charge is -2.21. The van der Waals surface area contributed by atoms with Gasteiger partial charge in [-0.25, -0.2) is 8.42 Å². The Morgan fingerprint density at radius 2 is 1.85 bits per heavy atom. The molecule has 1 fully saturated rings. The number of hydrogen-bond acceptors (Lipinski definition) is 3. The summed E-state index contributed by atoms with van der Waals surface area (Å²) in [6, 6.07) is -0.149. The van der Waals surface area contributed by atoms with Gasteiger partial charge in [0.05, 0.1) is 10.5 Å². The molecule has 0 bridgehead atoms. The molecule has 0 radical (unpaired) electrons. The third-order valence-electron chi connectivity index (χ3n) is 2.57. The molecule has 0 heterocycles. The van der Waals surface area contributed by atoms with Crippen LogP contribution in [0.4, 0.5) is 0 Å². The zero-order chi connectivity index (χ0) is 10.3. The first kappa shape index (κ1) is 11.0. The Bertz CT molecular complexity index is 272. The maximum atomic E-state index is 11.7. The van der Waals surface area contributed by atoms with Gasteiger partial charge in [-0.1, -0.05) is 0 Å². The van der Waals surface area contributed by atoms with Gasteiger partial charge >= 0.3 is 0 Å². The molecule has 1 aliphatic carbocycles. The van der Waals surface area contributed by atoms with Crippen molar-refractivity contribution in [3.8, 4) is 0 Å². The van der Waals surface area contributed by atoms with Gasteiger partial charge in [0.1, 0.15) is 0 Å². The fourth-order valence-corrected chi connectivity index (χ4v) is 2.44. The van der Waals surface area contributed by atoms with Crippen molar-refractivity contribution in [2.45, 2.75) is 44.4 Å². The normalized spacial score (nSPS) is 21.5. The Labute approximate surface area is 80.6 Å². The molecule has 1 atom stereocenters. The SMILES string of the molecule is CC(C)(C)S(=O)(=O)CC(N)C1CC1. The average molecular weight is 205 g/mol. The zero-order valence-electron chi connectivity index (χ0n) is 8.58. The van der Waals surface area contributed by atoms with Crippen molar-refractivity contribution in [2.24, 2.45) is 11.7 Å². The van der Waals surface area contributed by atoms with E-state index in [4.69, 9.17) is 5.73 Å². The summed E-state index contributed by atoms with van der Waals surface area (Å²) in [6.45, 7) is 5.17. The van der Waals surface area contributed by atoms with Crippen LogP contribution in [0.1, 0.15) is 33.6 Å². The van der Waals surface area contributed by atoms with E-state index in [-0.39, 0.29) is 11.8 Å². The van der Waals surface area contributed by atoms with Crippen LogP contribution in [0, 0.1) is 5.92 Å². The number of sulfone groups is 1. The van der Waals surface area contributed by atoms with E-state index >= 15 is 0 Å². The summed E-state index contributed by atoms with van der Waals surface area (Å²) in [5.74, 6) is 0.596. The van der Waals surface area contributed by atoms with Crippen molar-refractivity contribution < 1.29 is 8.42 Å².